The van der Waals surface area contributed by atoms with E-state index in [9.17, 15) is 14.4 Å². The van der Waals surface area contributed by atoms with Crippen LogP contribution in [0.3, 0.4) is 0 Å². The number of anilines is 2. The first-order valence-electron chi connectivity index (χ1n) is 9.46. The Balaban J connectivity index is 2.58. The molecule has 0 saturated heterocycles. The molecule has 0 atom stereocenters. The second-order valence-corrected chi connectivity index (χ2v) is 8.06. The lowest BCUT2D eigenvalue weighted by Crippen LogP contribution is -2.42. The summed E-state index contributed by atoms with van der Waals surface area (Å²) in [5, 5.41) is 0. The first kappa shape index (κ1) is 21.9. The highest BCUT2D eigenvalue weighted by Gasteiger charge is 2.25. The number of carbonyl (C=O) groups excluding carboxylic acids is 1. The molecule has 3 N–H and O–H groups in total. The fourth-order valence-electron chi connectivity index (χ4n) is 2.86. The number of nitrogens with zero attached hydrogens (tertiary/aromatic N) is 2. The zero-order chi connectivity index (χ0) is 20.8. The van der Waals surface area contributed by atoms with Crippen LogP contribution < -0.4 is 21.9 Å². The number of nitrogen functional groups attached to an aromatic ring is 1. The molecule has 0 spiro atoms. The molecule has 2 aromatic rings. The van der Waals surface area contributed by atoms with E-state index in [1.54, 1.807) is 18.2 Å². The smallest absolute Gasteiger partial charge is 0.330 e. The van der Waals surface area contributed by atoms with Gasteiger partial charge in [0.25, 0.3) is 11.5 Å². The molecule has 2 rings (SSSR count). The standard InChI is InChI=1S/C20H27BrN4O3/c1-4-5-10-25-17(22)16(18(26)23-20(25)28)24(11-9-13(2)3)19(27)14-7-6-8-15(21)12-14/h6-8,12-13H,4-5,9-11,22H2,1-3H3,(H,23,26,28). The number of unbranched alkanes of at least 4 members (excludes halogenated alkanes) is 1. The Kier molecular flexibility index (Phi) is 7.62. The number of carbonyl (C=O) groups is 1. The van der Waals surface area contributed by atoms with Crippen LogP contribution in [0.15, 0.2) is 38.3 Å². The molecule has 0 aliphatic rings. The van der Waals surface area contributed by atoms with Gasteiger partial charge in [-0.05, 0) is 37.0 Å². The van der Waals surface area contributed by atoms with E-state index < -0.39 is 11.2 Å². The van der Waals surface area contributed by atoms with Crippen molar-refractivity contribution < 1.29 is 4.79 Å². The fraction of sp³-hybridized carbons (Fsp3) is 0.450. The van der Waals surface area contributed by atoms with Gasteiger partial charge < -0.3 is 10.6 Å². The highest BCUT2D eigenvalue weighted by molar-refractivity contribution is 9.10. The average molecular weight is 451 g/mol. The maximum absolute atomic E-state index is 13.2. The molecular formula is C20H27BrN4O3. The van der Waals surface area contributed by atoms with E-state index in [2.05, 4.69) is 20.9 Å². The third kappa shape index (κ3) is 5.13. The molecule has 0 unspecified atom stereocenters. The number of H-pyrrole nitrogens is 1. The lowest BCUT2D eigenvalue weighted by molar-refractivity contribution is 0.0985. The summed E-state index contributed by atoms with van der Waals surface area (Å²) in [4.78, 5) is 41.8. The molecule has 28 heavy (non-hydrogen) atoms. The van der Waals surface area contributed by atoms with Gasteiger partial charge in [-0.25, -0.2) is 4.79 Å². The molecule has 1 aromatic heterocycles. The second-order valence-electron chi connectivity index (χ2n) is 7.15. The summed E-state index contributed by atoms with van der Waals surface area (Å²) in [6.07, 6.45) is 2.29. The van der Waals surface area contributed by atoms with E-state index in [4.69, 9.17) is 5.73 Å². The number of aromatic amines is 1. The van der Waals surface area contributed by atoms with E-state index in [1.165, 1.54) is 9.47 Å². The van der Waals surface area contributed by atoms with Crippen LogP contribution in [0.2, 0.25) is 0 Å². The maximum atomic E-state index is 13.2. The average Bonchev–Trinajstić information content (AvgIpc) is 2.63. The fourth-order valence-corrected chi connectivity index (χ4v) is 3.26. The second kappa shape index (κ2) is 9.73. The van der Waals surface area contributed by atoms with Crippen LogP contribution in [0, 0.1) is 5.92 Å². The van der Waals surface area contributed by atoms with E-state index in [-0.39, 0.29) is 17.4 Å². The number of hydrogen-bond acceptors (Lipinski definition) is 4. The number of halogens is 1. The van der Waals surface area contributed by atoms with Crippen LogP contribution in [0.1, 0.15) is 50.4 Å². The molecule has 0 aliphatic carbocycles. The summed E-state index contributed by atoms with van der Waals surface area (Å²) in [5.74, 6) is 0.0123. The molecule has 0 radical (unpaired) electrons. The Morgan fingerprint density at radius 2 is 2.04 bits per heavy atom. The van der Waals surface area contributed by atoms with Crippen molar-refractivity contribution in [3.8, 4) is 0 Å². The number of hydrogen-bond donors (Lipinski definition) is 2. The lowest BCUT2D eigenvalue weighted by Gasteiger charge is -2.25. The van der Waals surface area contributed by atoms with Gasteiger partial charge in [-0.15, -0.1) is 0 Å². The van der Waals surface area contributed by atoms with Gasteiger partial charge in [0, 0.05) is 23.1 Å². The summed E-state index contributed by atoms with van der Waals surface area (Å²) in [7, 11) is 0. The minimum Gasteiger partial charge on any atom is -0.383 e. The van der Waals surface area contributed by atoms with Crippen molar-refractivity contribution in [3.05, 3.63) is 55.1 Å². The van der Waals surface area contributed by atoms with Crippen LogP contribution in [0.5, 0.6) is 0 Å². The quantitative estimate of drug-likeness (QED) is 0.643. The number of nitrogens with one attached hydrogen (secondary N) is 1. The van der Waals surface area contributed by atoms with Gasteiger partial charge in [0.1, 0.15) is 5.82 Å². The zero-order valence-corrected chi connectivity index (χ0v) is 18.1. The van der Waals surface area contributed by atoms with Crippen LogP contribution in [0.4, 0.5) is 11.5 Å². The predicted molar refractivity (Wildman–Crippen MR) is 116 cm³/mol. The highest BCUT2D eigenvalue weighted by atomic mass is 79.9. The van der Waals surface area contributed by atoms with Gasteiger partial charge in [-0.2, -0.15) is 0 Å². The van der Waals surface area contributed by atoms with E-state index >= 15 is 0 Å². The van der Waals surface area contributed by atoms with Crippen molar-refractivity contribution in [1.29, 1.82) is 0 Å². The molecule has 8 heteroatoms. The van der Waals surface area contributed by atoms with Crippen molar-refractivity contribution >= 4 is 33.3 Å². The molecule has 152 valence electrons. The number of rotatable bonds is 8. The van der Waals surface area contributed by atoms with Gasteiger partial charge in [-0.1, -0.05) is 49.2 Å². The normalized spacial score (nSPS) is 11.0. The molecule has 1 heterocycles. The third-order valence-corrected chi connectivity index (χ3v) is 4.96. The van der Waals surface area contributed by atoms with Gasteiger partial charge in [0.05, 0.1) is 0 Å². The minimum atomic E-state index is -0.651. The largest absolute Gasteiger partial charge is 0.383 e. The lowest BCUT2D eigenvalue weighted by atomic mass is 10.1. The Bertz CT molecular complexity index is 949. The molecule has 1 amide bonds. The molecule has 7 nitrogen and oxygen atoms in total. The first-order chi connectivity index (χ1) is 13.3. The van der Waals surface area contributed by atoms with E-state index in [0.717, 1.165) is 17.3 Å². The van der Waals surface area contributed by atoms with Gasteiger partial charge in [-0.3, -0.25) is 19.1 Å². The summed E-state index contributed by atoms with van der Waals surface area (Å²) in [6, 6.07) is 6.96. The Morgan fingerprint density at radius 1 is 1.32 bits per heavy atom. The van der Waals surface area contributed by atoms with Crippen molar-refractivity contribution in [2.24, 2.45) is 5.92 Å². The first-order valence-corrected chi connectivity index (χ1v) is 10.3. The number of nitrogens with two attached hydrogens (primary N) is 1. The Hall–Kier alpha value is -2.35. The van der Waals surface area contributed by atoms with Crippen molar-refractivity contribution in [2.45, 2.75) is 46.6 Å². The summed E-state index contributed by atoms with van der Waals surface area (Å²) >= 11 is 3.37. The third-order valence-electron chi connectivity index (χ3n) is 4.47. The number of benzene rings is 1. The number of amides is 1. The van der Waals surface area contributed by atoms with Crippen molar-refractivity contribution in [3.63, 3.8) is 0 Å². The maximum Gasteiger partial charge on any atom is 0.330 e. The van der Waals surface area contributed by atoms with E-state index in [0.29, 0.717) is 31.0 Å². The summed E-state index contributed by atoms with van der Waals surface area (Å²) in [5.41, 5.74) is 5.47. The topological polar surface area (TPSA) is 101 Å². The van der Waals surface area contributed by atoms with E-state index in [1.807, 2.05) is 26.8 Å². The zero-order valence-electron chi connectivity index (χ0n) is 16.5. The minimum absolute atomic E-state index is 0.0225. The van der Waals surface area contributed by atoms with Gasteiger partial charge >= 0.3 is 5.69 Å². The molecule has 0 fully saturated rings. The number of aromatic nitrogens is 2. The summed E-state index contributed by atoms with van der Waals surface area (Å²) < 4.78 is 2.09. The highest BCUT2D eigenvalue weighted by Crippen LogP contribution is 2.22. The molecular weight excluding hydrogens is 424 g/mol. The molecule has 0 saturated carbocycles. The van der Waals surface area contributed by atoms with Gasteiger partial charge in [0.2, 0.25) is 0 Å². The Labute approximate surface area is 172 Å². The predicted octanol–water partition coefficient (Wildman–Crippen LogP) is 3.37. The van der Waals surface area contributed by atoms with Crippen LogP contribution in [0.25, 0.3) is 0 Å². The molecule has 1 aromatic carbocycles. The van der Waals surface area contributed by atoms with Crippen molar-refractivity contribution in [2.75, 3.05) is 17.2 Å². The van der Waals surface area contributed by atoms with Crippen LogP contribution >= 0.6 is 15.9 Å². The Morgan fingerprint density at radius 3 is 2.64 bits per heavy atom. The van der Waals surface area contributed by atoms with Gasteiger partial charge in [0.15, 0.2) is 5.69 Å². The van der Waals surface area contributed by atoms with Crippen LogP contribution in [-0.2, 0) is 6.54 Å². The summed E-state index contributed by atoms with van der Waals surface area (Å²) in [6.45, 7) is 6.78. The molecule has 0 aliphatic heterocycles. The molecule has 0 bridgehead atoms. The van der Waals surface area contributed by atoms with Crippen molar-refractivity contribution in [1.82, 2.24) is 9.55 Å². The SMILES string of the molecule is CCCCn1c(N)c(N(CCC(C)C)C(=O)c2cccc(Br)c2)c(=O)[nH]c1=O. The monoisotopic (exact) mass is 450 g/mol. The van der Waals surface area contributed by atoms with Crippen LogP contribution in [-0.4, -0.2) is 22.0 Å².